The summed E-state index contributed by atoms with van der Waals surface area (Å²) in [6, 6.07) is 15.7. The first-order valence-corrected chi connectivity index (χ1v) is 15.2. The molecular weight excluding hydrogens is 628 g/mol. The van der Waals surface area contributed by atoms with Crippen molar-refractivity contribution in [2.75, 3.05) is 6.61 Å². The highest BCUT2D eigenvalue weighted by Gasteiger charge is 2.50. The van der Waals surface area contributed by atoms with E-state index in [9.17, 15) is 28.8 Å². The van der Waals surface area contributed by atoms with Gasteiger partial charge in [-0.05, 0) is 17.5 Å². The molecule has 258 valence electrons. The number of rotatable bonds is 14. The molecule has 0 aromatic heterocycles. The smallest absolute Gasteiger partial charge is 0.408 e. The van der Waals surface area contributed by atoms with Crippen LogP contribution in [-0.2, 0) is 65.6 Å². The van der Waals surface area contributed by atoms with Crippen molar-refractivity contribution in [2.45, 2.75) is 83.8 Å². The molecule has 0 bridgehead atoms. The molecule has 0 saturated carbocycles. The number of carbonyl (C=O) groups is 6. The van der Waals surface area contributed by atoms with Crippen LogP contribution in [0.15, 0.2) is 72.8 Å². The maximum absolute atomic E-state index is 13.2. The average Bonchev–Trinajstić information content (AvgIpc) is 3.04. The van der Waals surface area contributed by atoms with Crippen LogP contribution in [0.1, 0.15) is 45.2 Å². The number of ether oxygens (including phenoxy) is 6. The fourth-order valence-electron chi connectivity index (χ4n) is 4.83. The summed E-state index contributed by atoms with van der Waals surface area (Å²) in [5.41, 5.74) is 1.48. The standard InChI is InChI=1S/C34H40N2O12/c1-21(37)35-30-28(48-29(20-43-22(2)38)31(46-23(3)39)32(30)47-24(4)40)17-11-16-27(33(41)44-18-25-12-7-5-8-13-25)36-34(42)45-19-26-14-9-6-10-15-26/h5-15,17,27-32H,16,18-20H2,1-4H3,(H,35,37)(H,36,42)/b17-11+/t27-,28+,29+,30-,31+,32+/m0/s1. The van der Waals surface area contributed by atoms with E-state index in [1.54, 1.807) is 48.5 Å². The number of nitrogens with one attached hydrogen (secondary N) is 2. The number of hydrogen-bond donors (Lipinski definition) is 2. The van der Waals surface area contributed by atoms with Gasteiger partial charge in [-0.2, -0.15) is 0 Å². The molecular formula is C34H40N2O12. The van der Waals surface area contributed by atoms with Gasteiger partial charge in [-0.25, -0.2) is 9.59 Å². The first-order chi connectivity index (χ1) is 22.9. The van der Waals surface area contributed by atoms with Gasteiger partial charge in [0.1, 0.15) is 38.1 Å². The SMILES string of the molecule is CC(=O)N[C@@H]1[C@@H](OC(C)=O)[C@H](OC(C)=O)[C@@H](COC(C)=O)O[C@@H]1/C=C/C[C@H](NC(=O)OCc1ccccc1)C(=O)OCc1ccccc1. The molecule has 0 unspecified atom stereocenters. The highest BCUT2D eigenvalue weighted by molar-refractivity contribution is 5.81. The van der Waals surface area contributed by atoms with Crippen molar-refractivity contribution >= 4 is 35.9 Å². The second-order valence-electron chi connectivity index (χ2n) is 10.8. The third-order valence-electron chi connectivity index (χ3n) is 6.87. The molecule has 2 aromatic carbocycles. The second kappa shape index (κ2) is 18.8. The van der Waals surface area contributed by atoms with Crippen LogP contribution in [0.4, 0.5) is 4.79 Å². The minimum Gasteiger partial charge on any atom is -0.463 e. The molecule has 1 saturated heterocycles. The minimum atomic E-state index is -1.26. The Morgan fingerprint density at radius 1 is 0.750 bits per heavy atom. The van der Waals surface area contributed by atoms with E-state index in [-0.39, 0.29) is 26.2 Å². The lowest BCUT2D eigenvalue weighted by atomic mass is 9.91. The van der Waals surface area contributed by atoms with Gasteiger partial charge in [0, 0.05) is 27.7 Å². The molecule has 1 aliphatic rings. The molecule has 2 amide bonds. The first kappa shape index (κ1) is 37.2. The number of amides is 2. The largest absolute Gasteiger partial charge is 0.463 e. The van der Waals surface area contributed by atoms with Gasteiger partial charge in [-0.3, -0.25) is 19.2 Å². The summed E-state index contributed by atoms with van der Waals surface area (Å²) < 4.78 is 32.9. The molecule has 0 aliphatic carbocycles. The van der Waals surface area contributed by atoms with Crippen LogP contribution >= 0.6 is 0 Å². The third kappa shape index (κ3) is 12.5. The van der Waals surface area contributed by atoms with Crippen LogP contribution in [-0.4, -0.2) is 79.0 Å². The van der Waals surface area contributed by atoms with Crippen LogP contribution < -0.4 is 10.6 Å². The normalized spacial score (nSPS) is 20.9. The topological polar surface area (TPSA) is 182 Å². The van der Waals surface area contributed by atoms with E-state index >= 15 is 0 Å². The highest BCUT2D eigenvalue weighted by Crippen LogP contribution is 2.28. The molecule has 1 aliphatic heterocycles. The monoisotopic (exact) mass is 668 g/mol. The van der Waals surface area contributed by atoms with E-state index in [0.717, 1.165) is 25.0 Å². The highest BCUT2D eigenvalue weighted by atomic mass is 16.6. The Morgan fingerprint density at radius 3 is 1.85 bits per heavy atom. The summed E-state index contributed by atoms with van der Waals surface area (Å²) in [6.07, 6.45) is -2.65. The maximum atomic E-state index is 13.2. The number of alkyl carbamates (subject to hydrolysis) is 1. The van der Waals surface area contributed by atoms with Gasteiger partial charge >= 0.3 is 30.0 Å². The van der Waals surface area contributed by atoms with Crippen molar-refractivity contribution < 1.29 is 57.2 Å². The summed E-state index contributed by atoms with van der Waals surface area (Å²) in [7, 11) is 0. The Labute approximate surface area is 278 Å². The lowest BCUT2D eigenvalue weighted by molar-refractivity contribution is -0.217. The Kier molecular flexibility index (Phi) is 14.6. The van der Waals surface area contributed by atoms with E-state index in [4.69, 9.17) is 28.4 Å². The number of carbonyl (C=O) groups excluding carboxylic acids is 6. The molecule has 0 radical (unpaired) electrons. The van der Waals surface area contributed by atoms with E-state index in [0.29, 0.717) is 0 Å². The Morgan fingerprint density at radius 2 is 1.31 bits per heavy atom. The predicted molar refractivity (Wildman–Crippen MR) is 168 cm³/mol. The third-order valence-corrected chi connectivity index (χ3v) is 6.87. The van der Waals surface area contributed by atoms with Gasteiger partial charge in [0.25, 0.3) is 0 Å². The second-order valence-corrected chi connectivity index (χ2v) is 10.8. The molecule has 1 fully saturated rings. The van der Waals surface area contributed by atoms with Gasteiger partial charge in [0.05, 0.1) is 6.04 Å². The Balaban J connectivity index is 1.84. The summed E-state index contributed by atoms with van der Waals surface area (Å²) in [5, 5.41) is 5.19. The summed E-state index contributed by atoms with van der Waals surface area (Å²) >= 11 is 0. The molecule has 1 heterocycles. The van der Waals surface area contributed by atoms with Gasteiger partial charge in [-0.15, -0.1) is 0 Å². The molecule has 6 atom stereocenters. The predicted octanol–water partition coefficient (Wildman–Crippen LogP) is 2.67. The number of esters is 4. The van der Waals surface area contributed by atoms with E-state index in [2.05, 4.69) is 10.6 Å². The van der Waals surface area contributed by atoms with Crippen LogP contribution in [0.3, 0.4) is 0 Å². The molecule has 14 nitrogen and oxygen atoms in total. The quantitative estimate of drug-likeness (QED) is 0.171. The van der Waals surface area contributed by atoms with Crippen molar-refractivity contribution in [2.24, 2.45) is 0 Å². The van der Waals surface area contributed by atoms with Crippen molar-refractivity contribution in [1.29, 1.82) is 0 Å². The first-order valence-electron chi connectivity index (χ1n) is 15.2. The van der Waals surface area contributed by atoms with Crippen molar-refractivity contribution in [1.82, 2.24) is 10.6 Å². The maximum Gasteiger partial charge on any atom is 0.408 e. The van der Waals surface area contributed by atoms with Crippen molar-refractivity contribution in [3.63, 3.8) is 0 Å². The number of hydrogen-bond acceptors (Lipinski definition) is 12. The zero-order valence-corrected chi connectivity index (χ0v) is 27.1. The van der Waals surface area contributed by atoms with Crippen molar-refractivity contribution in [3.05, 3.63) is 83.9 Å². The van der Waals surface area contributed by atoms with Crippen LogP contribution in [0.2, 0.25) is 0 Å². The number of benzene rings is 2. The van der Waals surface area contributed by atoms with Crippen LogP contribution in [0, 0.1) is 0 Å². The average molecular weight is 669 g/mol. The summed E-state index contributed by atoms with van der Waals surface area (Å²) in [6.45, 7) is 4.25. The molecule has 2 aromatic rings. The fraction of sp³-hybridized carbons (Fsp3) is 0.412. The molecule has 2 N–H and O–H groups in total. The van der Waals surface area contributed by atoms with Gasteiger partial charge in [-0.1, -0.05) is 72.8 Å². The van der Waals surface area contributed by atoms with Crippen molar-refractivity contribution in [3.8, 4) is 0 Å². The zero-order valence-electron chi connectivity index (χ0n) is 27.1. The van der Waals surface area contributed by atoms with Crippen LogP contribution in [0.25, 0.3) is 0 Å². The summed E-state index contributed by atoms with van der Waals surface area (Å²) in [4.78, 5) is 73.8. The van der Waals surface area contributed by atoms with E-state index in [1.165, 1.54) is 26.0 Å². The van der Waals surface area contributed by atoms with E-state index < -0.39 is 72.4 Å². The minimum absolute atomic E-state index is 0.0344. The molecule has 0 spiro atoms. The lowest BCUT2D eigenvalue weighted by Gasteiger charge is -2.44. The zero-order chi connectivity index (χ0) is 35.1. The summed E-state index contributed by atoms with van der Waals surface area (Å²) in [5.74, 6) is -3.36. The fourth-order valence-corrected chi connectivity index (χ4v) is 4.83. The Bertz CT molecular complexity index is 1430. The molecule has 48 heavy (non-hydrogen) atoms. The van der Waals surface area contributed by atoms with E-state index in [1.807, 2.05) is 12.1 Å². The molecule has 3 rings (SSSR count). The lowest BCUT2D eigenvalue weighted by Crippen LogP contribution is -2.65. The molecule has 14 heteroatoms. The van der Waals surface area contributed by atoms with Gasteiger partial charge in [0.2, 0.25) is 5.91 Å². The van der Waals surface area contributed by atoms with Gasteiger partial charge in [0.15, 0.2) is 12.2 Å². The van der Waals surface area contributed by atoms with Crippen LogP contribution in [0.5, 0.6) is 0 Å². The Hall–Kier alpha value is -5.24. The van der Waals surface area contributed by atoms with Gasteiger partial charge < -0.3 is 39.1 Å².